The van der Waals surface area contributed by atoms with Gasteiger partial charge in [-0.1, -0.05) is 19.1 Å². The number of amides is 1. The number of nitrogens with one attached hydrogen (secondary N) is 1. The molecule has 1 aromatic carbocycles. The SMILES string of the molecule is CCc1ccc(OCC(=O)Nc2cnccc2CO)cc1. The van der Waals surface area contributed by atoms with Crippen molar-refractivity contribution in [3.05, 3.63) is 53.9 Å². The van der Waals surface area contributed by atoms with E-state index in [9.17, 15) is 9.90 Å². The quantitative estimate of drug-likeness (QED) is 0.853. The maximum atomic E-state index is 11.8. The number of anilines is 1. The van der Waals surface area contributed by atoms with Crippen molar-refractivity contribution in [3.63, 3.8) is 0 Å². The highest BCUT2D eigenvalue weighted by molar-refractivity contribution is 5.92. The molecule has 1 heterocycles. The topological polar surface area (TPSA) is 71.5 Å². The van der Waals surface area contributed by atoms with E-state index >= 15 is 0 Å². The number of ether oxygens (including phenoxy) is 1. The van der Waals surface area contributed by atoms with Crippen LogP contribution in [-0.2, 0) is 17.8 Å². The van der Waals surface area contributed by atoms with Crippen LogP contribution in [0.15, 0.2) is 42.7 Å². The number of carbonyl (C=O) groups is 1. The molecule has 2 aromatic rings. The summed E-state index contributed by atoms with van der Waals surface area (Å²) in [4.78, 5) is 15.7. The van der Waals surface area contributed by atoms with Crippen LogP contribution in [0.2, 0.25) is 0 Å². The Labute approximate surface area is 123 Å². The fourth-order valence-electron chi connectivity index (χ4n) is 1.83. The molecule has 0 aliphatic rings. The summed E-state index contributed by atoms with van der Waals surface area (Å²) in [5.74, 6) is 0.355. The molecule has 5 nitrogen and oxygen atoms in total. The maximum Gasteiger partial charge on any atom is 0.262 e. The predicted octanol–water partition coefficient (Wildman–Crippen LogP) is 2.15. The van der Waals surface area contributed by atoms with E-state index in [1.165, 1.54) is 11.8 Å². The normalized spacial score (nSPS) is 10.2. The summed E-state index contributed by atoms with van der Waals surface area (Å²) < 4.78 is 5.42. The van der Waals surface area contributed by atoms with Gasteiger partial charge in [0, 0.05) is 11.8 Å². The fraction of sp³-hybridized carbons (Fsp3) is 0.250. The molecule has 0 fully saturated rings. The molecule has 0 spiro atoms. The lowest BCUT2D eigenvalue weighted by Gasteiger charge is -2.10. The molecule has 110 valence electrons. The van der Waals surface area contributed by atoms with Crippen LogP contribution < -0.4 is 10.1 Å². The Bertz CT molecular complexity index is 597. The molecule has 0 aliphatic heterocycles. The van der Waals surface area contributed by atoms with Crippen LogP contribution in [0.5, 0.6) is 5.75 Å². The number of hydrogen-bond donors (Lipinski definition) is 2. The van der Waals surface area contributed by atoms with E-state index in [4.69, 9.17) is 4.74 Å². The molecule has 1 amide bonds. The van der Waals surface area contributed by atoms with Crippen molar-refractivity contribution in [2.75, 3.05) is 11.9 Å². The van der Waals surface area contributed by atoms with Gasteiger partial charge in [0.1, 0.15) is 5.75 Å². The summed E-state index contributed by atoms with van der Waals surface area (Å²) in [6.07, 6.45) is 4.03. The molecule has 0 aliphatic carbocycles. The first kappa shape index (κ1) is 15.0. The van der Waals surface area contributed by atoms with Crippen molar-refractivity contribution in [1.29, 1.82) is 0 Å². The number of rotatable bonds is 6. The van der Waals surface area contributed by atoms with E-state index in [1.54, 1.807) is 12.3 Å². The van der Waals surface area contributed by atoms with Crippen LogP contribution in [0.4, 0.5) is 5.69 Å². The van der Waals surface area contributed by atoms with Crippen LogP contribution in [0, 0.1) is 0 Å². The largest absolute Gasteiger partial charge is 0.484 e. The first-order valence-electron chi connectivity index (χ1n) is 6.78. The Morgan fingerprint density at radius 2 is 2.05 bits per heavy atom. The van der Waals surface area contributed by atoms with Crippen LogP contribution in [0.25, 0.3) is 0 Å². The van der Waals surface area contributed by atoms with E-state index in [0.29, 0.717) is 17.0 Å². The molecule has 0 unspecified atom stereocenters. The molecule has 1 aromatic heterocycles. The van der Waals surface area contributed by atoms with Crippen LogP contribution in [-0.4, -0.2) is 22.6 Å². The molecule has 0 bridgehead atoms. The molecule has 2 rings (SSSR count). The van der Waals surface area contributed by atoms with Crippen molar-refractivity contribution < 1.29 is 14.6 Å². The maximum absolute atomic E-state index is 11.8. The highest BCUT2D eigenvalue weighted by Crippen LogP contribution is 2.14. The zero-order valence-electron chi connectivity index (χ0n) is 11.9. The molecule has 0 saturated carbocycles. The fourth-order valence-corrected chi connectivity index (χ4v) is 1.83. The number of carbonyl (C=O) groups excluding carboxylic acids is 1. The van der Waals surface area contributed by atoms with Crippen molar-refractivity contribution in [2.45, 2.75) is 20.0 Å². The minimum atomic E-state index is -0.294. The molecule has 21 heavy (non-hydrogen) atoms. The molecule has 2 N–H and O–H groups in total. The lowest BCUT2D eigenvalue weighted by molar-refractivity contribution is -0.118. The van der Waals surface area contributed by atoms with E-state index in [1.807, 2.05) is 24.3 Å². The van der Waals surface area contributed by atoms with Crippen LogP contribution in [0.1, 0.15) is 18.1 Å². The van der Waals surface area contributed by atoms with Gasteiger partial charge in [-0.2, -0.15) is 0 Å². The second-order valence-electron chi connectivity index (χ2n) is 4.53. The number of aryl methyl sites for hydroxylation is 1. The number of aliphatic hydroxyl groups is 1. The van der Waals surface area contributed by atoms with E-state index in [2.05, 4.69) is 17.2 Å². The molecular formula is C16H18N2O3. The Morgan fingerprint density at radius 1 is 1.29 bits per heavy atom. The van der Waals surface area contributed by atoms with Crippen molar-refractivity contribution >= 4 is 11.6 Å². The van der Waals surface area contributed by atoms with Gasteiger partial charge in [0.2, 0.25) is 0 Å². The average Bonchev–Trinajstić information content (AvgIpc) is 2.54. The summed E-state index contributed by atoms with van der Waals surface area (Å²) >= 11 is 0. The molecule has 0 saturated heterocycles. The number of nitrogens with zero attached hydrogens (tertiary/aromatic N) is 1. The van der Waals surface area contributed by atoms with Gasteiger partial charge in [-0.25, -0.2) is 0 Å². The summed E-state index contributed by atoms with van der Waals surface area (Å²) in [6.45, 7) is 1.83. The number of hydrogen-bond acceptors (Lipinski definition) is 4. The summed E-state index contributed by atoms with van der Waals surface area (Å²) in [5.41, 5.74) is 2.33. The van der Waals surface area contributed by atoms with Gasteiger partial charge in [0.25, 0.3) is 5.91 Å². The van der Waals surface area contributed by atoms with Crippen molar-refractivity contribution in [1.82, 2.24) is 4.98 Å². The molecular weight excluding hydrogens is 268 g/mol. The zero-order valence-corrected chi connectivity index (χ0v) is 11.9. The monoisotopic (exact) mass is 286 g/mol. The summed E-state index contributed by atoms with van der Waals surface area (Å²) in [5, 5.41) is 11.8. The van der Waals surface area contributed by atoms with Gasteiger partial charge in [0.15, 0.2) is 6.61 Å². The zero-order chi connectivity index (χ0) is 15.1. The summed E-state index contributed by atoms with van der Waals surface area (Å²) in [6, 6.07) is 9.28. The van der Waals surface area contributed by atoms with Gasteiger partial charge in [0.05, 0.1) is 18.5 Å². The van der Waals surface area contributed by atoms with E-state index in [-0.39, 0.29) is 19.1 Å². The third-order valence-corrected chi connectivity index (χ3v) is 3.06. The molecule has 5 heteroatoms. The van der Waals surface area contributed by atoms with Crippen LogP contribution >= 0.6 is 0 Å². The number of aromatic nitrogens is 1. The van der Waals surface area contributed by atoms with Gasteiger partial charge < -0.3 is 15.2 Å². The van der Waals surface area contributed by atoms with Crippen molar-refractivity contribution in [3.8, 4) is 5.75 Å². The number of benzene rings is 1. The minimum absolute atomic E-state index is 0.0920. The predicted molar refractivity (Wildman–Crippen MR) is 80.1 cm³/mol. The Morgan fingerprint density at radius 3 is 2.71 bits per heavy atom. The van der Waals surface area contributed by atoms with Gasteiger partial charge >= 0.3 is 0 Å². The number of aliphatic hydroxyl groups excluding tert-OH is 1. The third-order valence-electron chi connectivity index (χ3n) is 3.06. The second-order valence-corrected chi connectivity index (χ2v) is 4.53. The lowest BCUT2D eigenvalue weighted by Crippen LogP contribution is -2.21. The Kier molecular flexibility index (Phi) is 5.29. The first-order valence-corrected chi connectivity index (χ1v) is 6.78. The number of pyridine rings is 1. The third kappa shape index (κ3) is 4.29. The van der Waals surface area contributed by atoms with Gasteiger partial charge in [-0.05, 0) is 30.2 Å². The van der Waals surface area contributed by atoms with Gasteiger partial charge in [-0.15, -0.1) is 0 Å². The second kappa shape index (κ2) is 7.40. The lowest BCUT2D eigenvalue weighted by atomic mass is 10.2. The van der Waals surface area contributed by atoms with Gasteiger partial charge in [-0.3, -0.25) is 9.78 Å². The standard InChI is InChI=1S/C16H18N2O3/c1-2-12-3-5-14(6-4-12)21-11-16(20)18-15-9-17-8-7-13(15)10-19/h3-9,19H,2,10-11H2,1H3,(H,18,20). The average molecular weight is 286 g/mol. The minimum Gasteiger partial charge on any atom is -0.484 e. The smallest absolute Gasteiger partial charge is 0.262 e. The Balaban J connectivity index is 1.89. The molecule has 0 radical (unpaired) electrons. The van der Waals surface area contributed by atoms with E-state index in [0.717, 1.165) is 6.42 Å². The van der Waals surface area contributed by atoms with Crippen LogP contribution in [0.3, 0.4) is 0 Å². The Hall–Kier alpha value is -2.40. The van der Waals surface area contributed by atoms with E-state index < -0.39 is 0 Å². The first-order chi connectivity index (χ1) is 10.2. The highest BCUT2D eigenvalue weighted by Gasteiger charge is 2.07. The summed E-state index contributed by atoms with van der Waals surface area (Å²) in [7, 11) is 0. The highest BCUT2D eigenvalue weighted by atomic mass is 16.5. The molecule has 0 atom stereocenters. The van der Waals surface area contributed by atoms with Crippen molar-refractivity contribution in [2.24, 2.45) is 0 Å².